The molecule has 1 rings (SSSR count). The van der Waals surface area contributed by atoms with E-state index in [1.165, 1.54) is 6.20 Å². The molecule has 0 spiro atoms. The third-order valence-electron chi connectivity index (χ3n) is 2.19. The smallest absolute Gasteiger partial charge is 0.305 e. The molecule has 0 saturated carbocycles. The van der Waals surface area contributed by atoms with Gasteiger partial charge in [0.1, 0.15) is 0 Å². The Morgan fingerprint density at radius 1 is 1.47 bits per heavy atom. The number of hydrogen-bond donors (Lipinski definition) is 1. The van der Waals surface area contributed by atoms with Crippen LogP contribution in [0.3, 0.4) is 0 Å². The number of carbonyl (C=O) groups is 1. The Bertz CT molecular complexity index is 371. The summed E-state index contributed by atoms with van der Waals surface area (Å²) in [7, 11) is 0. The normalized spacial score (nSPS) is 10.0. The number of nitrogens with zero attached hydrogens (tertiary/aromatic N) is 3. The number of rotatable bonds is 7. The first kappa shape index (κ1) is 13.2. The van der Waals surface area contributed by atoms with E-state index in [0.717, 1.165) is 0 Å². The second-order valence-electron chi connectivity index (χ2n) is 3.37. The van der Waals surface area contributed by atoms with E-state index in [2.05, 4.69) is 9.97 Å². The van der Waals surface area contributed by atoms with Gasteiger partial charge in [0.05, 0.1) is 25.4 Å². The summed E-state index contributed by atoms with van der Waals surface area (Å²) in [5.41, 5.74) is 0. The molecule has 6 nitrogen and oxygen atoms in total. The SMILES string of the molecule is CCOc1cncc(N(CC)CCC(=O)O)n1. The highest BCUT2D eigenvalue weighted by molar-refractivity contribution is 5.67. The van der Waals surface area contributed by atoms with Crippen molar-refractivity contribution in [3.63, 3.8) is 0 Å². The highest BCUT2D eigenvalue weighted by Crippen LogP contribution is 2.14. The standard InChI is InChI=1S/C11H17N3O3/c1-3-14(6-5-11(15)16)9-7-12-8-10(13-9)17-4-2/h7-8H,3-6H2,1-2H3,(H,15,16). The van der Waals surface area contributed by atoms with Gasteiger partial charge in [-0.3, -0.25) is 9.78 Å². The monoisotopic (exact) mass is 239 g/mol. The molecule has 1 N–H and O–H groups in total. The van der Waals surface area contributed by atoms with Crippen molar-refractivity contribution >= 4 is 11.8 Å². The van der Waals surface area contributed by atoms with Crippen LogP contribution in [0.25, 0.3) is 0 Å². The van der Waals surface area contributed by atoms with Gasteiger partial charge in [-0.05, 0) is 13.8 Å². The highest BCUT2D eigenvalue weighted by atomic mass is 16.5. The van der Waals surface area contributed by atoms with Gasteiger partial charge in [0.15, 0.2) is 5.82 Å². The van der Waals surface area contributed by atoms with E-state index in [-0.39, 0.29) is 6.42 Å². The molecule has 0 aliphatic heterocycles. The zero-order valence-electron chi connectivity index (χ0n) is 10.1. The summed E-state index contributed by atoms with van der Waals surface area (Å²) in [6.07, 6.45) is 3.22. The van der Waals surface area contributed by atoms with Crippen LogP contribution >= 0.6 is 0 Å². The summed E-state index contributed by atoms with van der Waals surface area (Å²) in [5.74, 6) is 0.274. The zero-order valence-corrected chi connectivity index (χ0v) is 10.1. The van der Waals surface area contributed by atoms with Crippen LogP contribution in [0.4, 0.5) is 5.82 Å². The Hall–Kier alpha value is -1.85. The van der Waals surface area contributed by atoms with Gasteiger partial charge in [-0.2, -0.15) is 4.98 Å². The minimum absolute atomic E-state index is 0.0778. The van der Waals surface area contributed by atoms with E-state index in [0.29, 0.717) is 31.4 Å². The van der Waals surface area contributed by atoms with Crippen molar-refractivity contribution in [3.8, 4) is 5.88 Å². The summed E-state index contributed by atoms with van der Waals surface area (Å²) in [6.45, 7) is 5.43. The van der Waals surface area contributed by atoms with Gasteiger partial charge in [0, 0.05) is 13.1 Å². The molecule has 1 aromatic rings. The molecule has 0 bridgehead atoms. The van der Waals surface area contributed by atoms with Crippen LogP contribution in [0.15, 0.2) is 12.4 Å². The fourth-order valence-corrected chi connectivity index (χ4v) is 1.37. The Kier molecular flexibility index (Phi) is 5.19. The molecule has 0 radical (unpaired) electrons. The molecule has 1 aromatic heterocycles. The van der Waals surface area contributed by atoms with Crippen LogP contribution < -0.4 is 9.64 Å². The second kappa shape index (κ2) is 6.67. The molecular formula is C11H17N3O3. The zero-order chi connectivity index (χ0) is 12.7. The first-order chi connectivity index (χ1) is 8.17. The van der Waals surface area contributed by atoms with Crippen molar-refractivity contribution in [2.24, 2.45) is 0 Å². The fourth-order valence-electron chi connectivity index (χ4n) is 1.37. The first-order valence-corrected chi connectivity index (χ1v) is 5.59. The molecular weight excluding hydrogens is 222 g/mol. The molecule has 0 aromatic carbocycles. The predicted molar refractivity (Wildman–Crippen MR) is 63.3 cm³/mol. The number of ether oxygens (including phenoxy) is 1. The highest BCUT2D eigenvalue weighted by Gasteiger charge is 2.09. The van der Waals surface area contributed by atoms with Crippen LogP contribution in [-0.4, -0.2) is 40.7 Å². The molecule has 1 heterocycles. The number of aromatic nitrogens is 2. The van der Waals surface area contributed by atoms with Gasteiger partial charge in [-0.1, -0.05) is 0 Å². The molecule has 94 valence electrons. The third-order valence-corrected chi connectivity index (χ3v) is 2.19. The largest absolute Gasteiger partial charge is 0.481 e. The molecule has 0 amide bonds. The van der Waals surface area contributed by atoms with Gasteiger partial charge in [-0.15, -0.1) is 0 Å². The lowest BCUT2D eigenvalue weighted by Gasteiger charge is -2.20. The second-order valence-corrected chi connectivity index (χ2v) is 3.37. The van der Waals surface area contributed by atoms with E-state index < -0.39 is 5.97 Å². The molecule has 0 saturated heterocycles. The van der Waals surface area contributed by atoms with Gasteiger partial charge in [0.25, 0.3) is 0 Å². The molecule has 0 aliphatic rings. The van der Waals surface area contributed by atoms with E-state index in [9.17, 15) is 4.79 Å². The topological polar surface area (TPSA) is 75.5 Å². The molecule has 0 atom stereocenters. The summed E-state index contributed by atoms with van der Waals surface area (Å²) < 4.78 is 5.25. The molecule has 0 aliphatic carbocycles. The van der Waals surface area contributed by atoms with E-state index in [1.54, 1.807) is 6.20 Å². The minimum atomic E-state index is -0.822. The summed E-state index contributed by atoms with van der Waals surface area (Å²) in [5, 5.41) is 8.66. The van der Waals surface area contributed by atoms with Crippen molar-refractivity contribution in [2.75, 3.05) is 24.6 Å². The predicted octanol–water partition coefficient (Wildman–Crippen LogP) is 1.18. The van der Waals surface area contributed by atoms with Crippen LogP contribution in [-0.2, 0) is 4.79 Å². The van der Waals surface area contributed by atoms with Gasteiger partial charge in [-0.25, -0.2) is 0 Å². The Balaban J connectivity index is 2.73. The molecule has 17 heavy (non-hydrogen) atoms. The van der Waals surface area contributed by atoms with Gasteiger partial charge >= 0.3 is 5.97 Å². The lowest BCUT2D eigenvalue weighted by Crippen LogP contribution is -2.26. The Morgan fingerprint density at radius 3 is 2.82 bits per heavy atom. The van der Waals surface area contributed by atoms with Crippen LogP contribution in [0.5, 0.6) is 5.88 Å². The fraction of sp³-hybridized carbons (Fsp3) is 0.545. The van der Waals surface area contributed by atoms with Crippen molar-refractivity contribution in [3.05, 3.63) is 12.4 Å². The average Bonchev–Trinajstić information content (AvgIpc) is 2.30. The number of hydrogen-bond acceptors (Lipinski definition) is 5. The number of aliphatic carboxylic acids is 1. The quantitative estimate of drug-likeness (QED) is 0.770. The van der Waals surface area contributed by atoms with Crippen molar-refractivity contribution in [2.45, 2.75) is 20.3 Å². The van der Waals surface area contributed by atoms with E-state index in [4.69, 9.17) is 9.84 Å². The number of carboxylic acids is 1. The lowest BCUT2D eigenvalue weighted by molar-refractivity contribution is -0.136. The van der Waals surface area contributed by atoms with Gasteiger partial charge in [0.2, 0.25) is 5.88 Å². The van der Waals surface area contributed by atoms with E-state index >= 15 is 0 Å². The average molecular weight is 239 g/mol. The first-order valence-electron chi connectivity index (χ1n) is 5.59. The molecule has 0 fully saturated rings. The molecule has 6 heteroatoms. The maximum atomic E-state index is 10.5. The van der Waals surface area contributed by atoms with E-state index in [1.807, 2.05) is 18.7 Å². The Labute approximate surface area is 100 Å². The number of anilines is 1. The molecule has 0 unspecified atom stereocenters. The maximum Gasteiger partial charge on any atom is 0.305 e. The Morgan fingerprint density at radius 2 is 2.24 bits per heavy atom. The van der Waals surface area contributed by atoms with Crippen molar-refractivity contribution in [1.82, 2.24) is 9.97 Å². The third kappa shape index (κ3) is 4.26. The van der Waals surface area contributed by atoms with Crippen LogP contribution in [0.2, 0.25) is 0 Å². The lowest BCUT2D eigenvalue weighted by atomic mass is 10.4. The summed E-state index contributed by atoms with van der Waals surface area (Å²) in [4.78, 5) is 20.7. The minimum Gasteiger partial charge on any atom is -0.481 e. The van der Waals surface area contributed by atoms with Crippen LogP contribution in [0, 0.1) is 0 Å². The maximum absolute atomic E-state index is 10.5. The van der Waals surface area contributed by atoms with Crippen LogP contribution in [0.1, 0.15) is 20.3 Å². The summed E-state index contributed by atoms with van der Waals surface area (Å²) >= 11 is 0. The van der Waals surface area contributed by atoms with Crippen molar-refractivity contribution < 1.29 is 14.6 Å². The van der Waals surface area contributed by atoms with Crippen molar-refractivity contribution in [1.29, 1.82) is 0 Å². The number of carboxylic acid groups (broad SMARTS) is 1. The van der Waals surface area contributed by atoms with Gasteiger partial charge < -0.3 is 14.7 Å². The summed E-state index contributed by atoms with van der Waals surface area (Å²) in [6, 6.07) is 0.